The molecule has 1 heterocycles. The van der Waals surface area contributed by atoms with Gasteiger partial charge in [0.15, 0.2) is 11.3 Å². The van der Waals surface area contributed by atoms with Crippen LogP contribution in [-0.4, -0.2) is 52.9 Å². The van der Waals surface area contributed by atoms with Crippen LogP contribution in [-0.2, 0) is 25.7 Å². The van der Waals surface area contributed by atoms with Crippen LogP contribution in [0.15, 0.2) is 36.4 Å². The van der Waals surface area contributed by atoms with Crippen molar-refractivity contribution in [3.8, 4) is 5.75 Å². The lowest BCUT2D eigenvalue weighted by Crippen LogP contribution is -2.63. The number of phenols is 1. The Kier molecular flexibility index (Phi) is 7.12. The van der Waals surface area contributed by atoms with Gasteiger partial charge >= 0.3 is 5.97 Å². The molecule has 2 rings (SSSR count). The molecule has 0 bridgehead atoms. The van der Waals surface area contributed by atoms with E-state index < -0.39 is 17.4 Å². The molecule has 0 aliphatic carbocycles. The summed E-state index contributed by atoms with van der Waals surface area (Å²) in [5.74, 6) is -1.30. The van der Waals surface area contributed by atoms with Gasteiger partial charge in [-0.15, -0.1) is 0 Å². The smallest absolute Gasteiger partial charge is 0.325 e. The third kappa shape index (κ3) is 4.74. The molecule has 7 heteroatoms. The van der Waals surface area contributed by atoms with Gasteiger partial charge in [-0.2, -0.15) is 0 Å². The Morgan fingerprint density at radius 1 is 1.26 bits per heavy atom. The minimum atomic E-state index is -1.44. The van der Waals surface area contributed by atoms with Crippen LogP contribution in [0.4, 0.5) is 0 Å². The molecule has 1 amide bonds. The van der Waals surface area contributed by atoms with Crippen molar-refractivity contribution in [3.05, 3.63) is 42.0 Å². The maximum Gasteiger partial charge on any atom is 0.325 e. The molecular weight excluding hydrogens is 348 g/mol. The van der Waals surface area contributed by atoms with Gasteiger partial charge in [-0.05, 0) is 32.8 Å². The molecule has 0 spiro atoms. The number of hydrogen-bond acceptors (Lipinski definition) is 6. The topological polar surface area (TPSA) is 95.9 Å². The molecule has 0 saturated heterocycles. The average Bonchev–Trinajstić information content (AvgIpc) is 2.85. The van der Waals surface area contributed by atoms with Crippen LogP contribution < -0.4 is 5.32 Å². The molecule has 7 nitrogen and oxygen atoms in total. The second-order valence-corrected chi connectivity index (χ2v) is 6.42. The highest BCUT2D eigenvalue weighted by molar-refractivity contribution is 6.10. The summed E-state index contributed by atoms with van der Waals surface area (Å²) >= 11 is 0. The zero-order valence-electron chi connectivity index (χ0n) is 15.7. The first-order chi connectivity index (χ1) is 12.9. The van der Waals surface area contributed by atoms with E-state index in [1.807, 2.05) is 12.2 Å². The van der Waals surface area contributed by atoms with Crippen molar-refractivity contribution < 1.29 is 24.2 Å². The monoisotopic (exact) mass is 374 g/mol. The molecule has 0 saturated carbocycles. The highest BCUT2D eigenvalue weighted by atomic mass is 16.5. The van der Waals surface area contributed by atoms with Crippen LogP contribution in [0.5, 0.6) is 5.75 Å². The van der Waals surface area contributed by atoms with Crippen molar-refractivity contribution >= 4 is 17.7 Å². The SMILES string of the molecule is CCOC(=O)CNC(=O)C1(C(C)=O)CC=CCCN1Cc1ccccc1O. The van der Waals surface area contributed by atoms with E-state index in [1.54, 1.807) is 36.1 Å². The highest BCUT2D eigenvalue weighted by Crippen LogP contribution is 2.30. The first-order valence-electron chi connectivity index (χ1n) is 9.03. The van der Waals surface area contributed by atoms with Crippen molar-refractivity contribution in [1.29, 1.82) is 0 Å². The zero-order chi connectivity index (χ0) is 19.9. The van der Waals surface area contributed by atoms with E-state index in [2.05, 4.69) is 5.32 Å². The van der Waals surface area contributed by atoms with E-state index in [1.165, 1.54) is 6.92 Å². The number of amides is 1. The Morgan fingerprint density at radius 2 is 2.00 bits per heavy atom. The van der Waals surface area contributed by atoms with Gasteiger partial charge in [0, 0.05) is 18.7 Å². The summed E-state index contributed by atoms with van der Waals surface area (Å²) < 4.78 is 4.84. The Hall–Kier alpha value is -2.67. The number of nitrogens with zero attached hydrogens (tertiary/aromatic N) is 1. The van der Waals surface area contributed by atoms with E-state index in [4.69, 9.17) is 4.74 Å². The summed E-state index contributed by atoms with van der Waals surface area (Å²) in [5.41, 5.74) is -0.815. The molecule has 0 aromatic heterocycles. The Morgan fingerprint density at radius 3 is 2.67 bits per heavy atom. The minimum Gasteiger partial charge on any atom is -0.508 e. The van der Waals surface area contributed by atoms with Gasteiger partial charge in [-0.1, -0.05) is 30.4 Å². The first kappa shape index (κ1) is 20.6. The van der Waals surface area contributed by atoms with E-state index in [-0.39, 0.29) is 37.6 Å². The van der Waals surface area contributed by atoms with Gasteiger partial charge in [0.05, 0.1) is 6.61 Å². The Labute approximate surface area is 159 Å². The summed E-state index contributed by atoms with van der Waals surface area (Å²) in [6.45, 7) is 3.68. The third-order valence-electron chi connectivity index (χ3n) is 4.69. The second-order valence-electron chi connectivity index (χ2n) is 6.42. The molecule has 1 unspecified atom stereocenters. The summed E-state index contributed by atoms with van der Waals surface area (Å²) in [6, 6.07) is 6.84. The summed E-state index contributed by atoms with van der Waals surface area (Å²) in [5, 5.41) is 12.7. The fourth-order valence-electron chi connectivity index (χ4n) is 3.26. The number of ether oxygens (including phenoxy) is 1. The average molecular weight is 374 g/mol. The molecule has 1 aromatic rings. The molecule has 146 valence electrons. The fraction of sp³-hybridized carbons (Fsp3) is 0.450. The normalized spacial score (nSPS) is 19.9. The molecule has 27 heavy (non-hydrogen) atoms. The number of nitrogens with one attached hydrogen (secondary N) is 1. The molecule has 1 atom stereocenters. The second kappa shape index (κ2) is 9.32. The van der Waals surface area contributed by atoms with Gasteiger partial charge in [0.2, 0.25) is 5.91 Å². The van der Waals surface area contributed by atoms with Crippen molar-refractivity contribution in [2.24, 2.45) is 0 Å². The van der Waals surface area contributed by atoms with Crippen LogP contribution in [0.1, 0.15) is 32.3 Å². The predicted octanol–water partition coefficient (Wildman–Crippen LogP) is 1.55. The highest BCUT2D eigenvalue weighted by Gasteiger charge is 2.48. The van der Waals surface area contributed by atoms with Crippen molar-refractivity contribution in [1.82, 2.24) is 10.2 Å². The standard InChI is InChI=1S/C20H26N2O5/c1-3-27-18(25)13-21-19(26)20(15(2)23)11-7-4-8-12-22(20)14-16-9-5-6-10-17(16)24/h4-7,9-10,24H,3,8,11-14H2,1-2H3,(H,21,26). The number of carbonyl (C=O) groups is 3. The minimum absolute atomic E-state index is 0.110. The predicted molar refractivity (Wildman–Crippen MR) is 99.9 cm³/mol. The van der Waals surface area contributed by atoms with Crippen LogP contribution in [0, 0.1) is 0 Å². The van der Waals surface area contributed by atoms with E-state index >= 15 is 0 Å². The first-order valence-corrected chi connectivity index (χ1v) is 9.03. The van der Waals surface area contributed by atoms with Crippen LogP contribution in [0.25, 0.3) is 0 Å². The number of carbonyl (C=O) groups excluding carboxylic acids is 3. The summed E-state index contributed by atoms with van der Waals surface area (Å²) in [7, 11) is 0. The number of para-hydroxylation sites is 1. The van der Waals surface area contributed by atoms with Gasteiger partial charge < -0.3 is 15.2 Å². The van der Waals surface area contributed by atoms with E-state index in [0.29, 0.717) is 18.5 Å². The van der Waals surface area contributed by atoms with Crippen molar-refractivity contribution in [3.63, 3.8) is 0 Å². The number of aromatic hydroxyl groups is 1. The Bertz CT molecular complexity index is 731. The Balaban J connectivity index is 2.30. The lowest BCUT2D eigenvalue weighted by Gasteiger charge is -2.39. The number of esters is 1. The van der Waals surface area contributed by atoms with Crippen molar-refractivity contribution in [2.45, 2.75) is 38.8 Å². The fourth-order valence-corrected chi connectivity index (χ4v) is 3.26. The molecule has 1 aliphatic heterocycles. The third-order valence-corrected chi connectivity index (χ3v) is 4.69. The molecule has 0 radical (unpaired) electrons. The summed E-state index contributed by atoms with van der Waals surface area (Å²) in [6.07, 6.45) is 4.62. The maximum absolute atomic E-state index is 13.0. The van der Waals surface area contributed by atoms with Crippen LogP contribution in [0.2, 0.25) is 0 Å². The molecule has 1 aromatic carbocycles. The van der Waals surface area contributed by atoms with Gasteiger partial charge in [-0.3, -0.25) is 19.3 Å². The molecule has 0 fully saturated rings. The maximum atomic E-state index is 13.0. The quantitative estimate of drug-likeness (QED) is 0.427. The number of benzene rings is 1. The largest absolute Gasteiger partial charge is 0.508 e. The van der Waals surface area contributed by atoms with Crippen molar-refractivity contribution in [2.75, 3.05) is 19.7 Å². The van der Waals surface area contributed by atoms with E-state index in [0.717, 1.165) is 0 Å². The van der Waals surface area contributed by atoms with E-state index in [9.17, 15) is 19.5 Å². The lowest BCUT2D eigenvalue weighted by atomic mass is 9.87. The number of rotatable bonds is 7. The zero-order valence-corrected chi connectivity index (χ0v) is 15.7. The molecule has 1 aliphatic rings. The molecular formula is C20H26N2O5. The van der Waals surface area contributed by atoms with Gasteiger partial charge in [-0.25, -0.2) is 0 Å². The van der Waals surface area contributed by atoms with Gasteiger partial charge in [0.1, 0.15) is 12.3 Å². The van der Waals surface area contributed by atoms with Crippen LogP contribution >= 0.6 is 0 Å². The molecule has 2 N–H and O–H groups in total. The van der Waals surface area contributed by atoms with Gasteiger partial charge in [0.25, 0.3) is 0 Å². The number of phenolic OH excluding ortho intramolecular Hbond substituents is 1. The summed E-state index contributed by atoms with van der Waals surface area (Å²) in [4.78, 5) is 39.1. The number of ketones is 1. The number of Topliss-reactive ketones (excluding diaryl/α,β-unsaturated/α-hetero) is 1. The number of hydrogen-bond donors (Lipinski definition) is 2. The van der Waals surface area contributed by atoms with Crippen LogP contribution in [0.3, 0.4) is 0 Å². The lowest BCUT2D eigenvalue weighted by molar-refractivity contribution is -0.149.